The standard InChI is InChI=1S/C14H25FN2O3/c1-12(2,3)20-11(19)17-6-4-13(5-7-17)8-16-9-14(13,15)10-18/h16,18H,4-10H2,1-3H3. The number of ether oxygens (including phenoxy) is 1. The number of aliphatic hydroxyl groups is 1. The van der Waals surface area contributed by atoms with Gasteiger partial charge in [-0.3, -0.25) is 0 Å². The van der Waals surface area contributed by atoms with Gasteiger partial charge in [-0.25, -0.2) is 9.18 Å². The van der Waals surface area contributed by atoms with E-state index in [1.54, 1.807) is 4.90 Å². The summed E-state index contributed by atoms with van der Waals surface area (Å²) in [5.41, 5.74) is -2.65. The topological polar surface area (TPSA) is 61.8 Å². The smallest absolute Gasteiger partial charge is 0.410 e. The largest absolute Gasteiger partial charge is 0.444 e. The van der Waals surface area contributed by atoms with Crippen LogP contribution in [0.1, 0.15) is 33.6 Å². The van der Waals surface area contributed by atoms with Crippen LogP contribution in [0.2, 0.25) is 0 Å². The summed E-state index contributed by atoms with van der Waals surface area (Å²) in [7, 11) is 0. The number of rotatable bonds is 1. The fraction of sp³-hybridized carbons (Fsp3) is 0.929. The fourth-order valence-corrected chi connectivity index (χ4v) is 3.14. The van der Waals surface area contributed by atoms with E-state index < -0.39 is 23.3 Å². The molecule has 2 aliphatic rings. The summed E-state index contributed by atoms with van der Waals surface area (Å²) in [5.74, 6) is 0. The van der Waals surface area contributed by atoms with Gasteiger partial charge in [-0.1, -0.05) is 0 Å². The molecule has 2 fully saturated rings. The van der Waals surface area contributed by atoms with Gasteiger partial charge in [-0.05, 0) is 33.6 Å². The van der Waals surface area contributed by atoms with Gasteiger partial charge < -0.3 is 20.1 Å². The van der Waals surface area contributed by atoms with Crippen molar-refractivity contribution in [2.24, 2.45) is 5.41 Å². The summed E-state index contributed by atoms with van der Waals surface area (Å²) in [4.78, 5) is 13.6. The molecule has 2 aliphatic heterocycles. The van der Waals surface area contributed by atoms with Crippen LogP contribution in [-0.4, -0.2) is 60.2 Å². The second kappa shape index (κ2) is 5.15. The van der Waals surface area contributed by atoms with E-state index in [2.05, 4.69) is 5.32 Å². The van der Waals surface area contributed by atoms with Crippen molar-refractivity contribution in [3.8, 4) is 0 Å². The maximum absolute atomic E-state index is 14.7. The number of nitrogens with zero attached hydrogens (tertiary/aromatic N) is 1. The van der Waals surface area contributed by atoms with Gasteiger partial charge in [0.2, 0.25) is 0 Å². The van der Waals surface area contributed by atoms with Crippen molar-refractivity contribution in [3.63, 3.8) is 0 Å². The van der Waals surface area contributed by atoms with Gasteiger partial charge in [0.05, 0.1) is 6.61 Å². The van der Waals surface area contributed by atoms with E-state index >= 15 is 0 Å². The fourth-order valence-electron chi connectivity index (χ4n) is 3.14. The van der Waals surface area contributed by atoms with Crippen molar-refractivity contribution in [2.45, 2.75) is 44.9 Å². The Morgan fingerprint density at radius 2 is 1.95 bits per heavy atom. The lowest BCUT2D eigenvalue weighted by atomic mass is 9.69. The van der Waals surface area contributed by atoms with E-state index in [1.807, 2.05) is 20.8 Å². The predicted molar refractivity (Wildman–Crippen MR) is 73.3 cm³/mol. The van der Waals surface area contributed by atoms with Gasteiger partial charge >= 0.3 is 6.09 Å². The average molecular weight is 288 g/mol. The second-order valence-corrected chi connectivity index (χ2v) is 6.97. The predicted octanol–water partition coefficient (Wildman–Crippen LogP) is 1.31. The molecule has 1 amide bonds. The van der Waals surface area contributed by atoms with Crippen LogP contribution >= 0.6 is 0 Å². The number of hydrogen-bond donors (Lipinski definition) is 2. The lowest BCUT2D eigenvalue weighted by Crippen LogP contribution is -2.54. The maximum atomic E-state index is 14.7. The lowest BCUT2D eigenvalue weighted by molar-refractivity contribution is -0.0520. The van der Waals surface area contributed by atoms with Crippen LogP contribution in [0.3, 0.4) is 0 Å². The molecule has 6 heteroatoms. The number of hydrogen-bond acceptors (Lipinski definition) is 4. The molecule has 0 aromatic carbocycles. The van der Waals surface area contributed by atoms with E-state index in [4.69, 9.17) is 4.74 Å². The van der Waals surface area contributed by atoms with Crippen molar-refractivity contribution in [1.29, 1.82) is 0 Å². The summed E-state index contributed by atoms with van der Waals surface area (Å²) >= 11 is 0. The van der Waals surface area contributed by atoms with Crippen molar-refractivity contribution < 1.29 is 19.0 Å². The molecule has 0 aliphatic carbocycles. The molecule has 0 radical (unpaired) electrons. The summed E-state index contributed by atoms with van der Waals surface area (Å²) in [5, 5.41) is 12.4. The molecular weight excluding hydrogens is 263 g/mol. The van der Waals surface area contributed by atoms with Crippen LogP contribution in [0, 0.1) is 5.41 Å². The molecule has 2 rings (SSSR count). The van der Waals surface area contributed by atoms with Gasteiger partial charge in [-0.15, -0.1) is 0 Å². The number of likely N-dealkylation sites (tertiary alicyclic amines) is 1. The molecule has 2 saturated heterocycles. The molecule has 5 nitrogen and oxygen atoms in total. The molecule has 1 atom stereocenters. The Kier molecular flexibility index (Phi) is 3.99. The molecule has 1 spiro atoms. The van der Waals surface area contributed by atoms with E-state index in [-0.39, 0.29) is 12.6 Å². The zero-order chi connectivity index (χ0) is 15.0. The first-order chi connectivity index (χ1) is 9.21. The highest BCUT2D eigenvalue weighted by Crippen LogP contribution is 2.46. The summed E-state index contributed by atoms with van der Waals surface area (Å²) in [6.07, 6.45) is 0.763. The van der Waals surface area contributed by atoms with Crippen LogP contribution in [0.25, 0.3) is 0 Å². The molecule has 0 aromatic rings. The molecule has 116 valence electrons. The van der Waals surface area contributed by atoms with Gasteiger partial charge in [0.25, 0.3) is 0 Å². The summed E-state index contributed by atoms with van der Waals surface area (Å²) in [6.45, 7) is 6.72. The highest BCUT2D eigenvalue weighted by Gasteiger charge is 2.56. The number of nitrogens with one attached hydrogen (secondary N) is 1. The molecule has 0 aromatic heterocycles. The van der Waals surface area contributed by atoms with E-state index in [9.17, 15) is 14.3 Å². The third-order valence-electron chi connectivity index (χ3n) is 4.44. The Labute approximate surface area is 119 Å². The van der Waals surface area contributed by atoms with Crippen LogP contribution < -0.4 is 5.32 Å². The zero-order valence-corrected chi connectivity index (χ0v) is 12.5. The Balaban J connectivity index is 1.97. The Morgan fingerprint density at radius 1 is 1.35 bits per heavy atom. The quantitative estimate of drug-likeness (QED) is 0.763. The third-order valence-corrected chi connectivity index (χ3v) is 4.44. The SMILES string of the molecule is CC(C)(C)OC(=O)N1CCC2(CC1)CNCC2(F)CO. The van der Waals surface area contributed by atoms with Crippen molar-refractivity contribution in [2.75, 3.05) is 32.8 Å². The first-order valence-electron chi connectivity index (χ1n) is 7.20. The Bertz CT molecular complexity index is 375. The average Bonchev–Trinajstić information content (AvgIpc) is 2.66. The summed E-state index contributed by atoms with van der Waals surface area (Å²) < 4.78 is 20.1. The lowest BCUT2D eigenvalue weighted by Gasteiger charge is -2.44. The minimum atomic E-state index is -1.58. The molecule has 0 bridgehead atoms. The Morgan fingerprint density at radius 3 is 2.45 bits per heavy atom. The number of alkyl halides is 1. The minimum Gasteiger partial charge on any atom is -0.444 e. The van der Waals surface area contributed by atoms with Crippen molar-refractivity contribution in [1.82, 2.24) is 10.2 Å². The number of carbonyl (C=O) groups excluding carboxylic acids is 1. The van der Waals surface area contributed by atoms with E-state index in [1.165, 1.54) is 0 Å². The first kappa shape index (κ1) is 15.5. The molecule has 0 saturated carbocycles. The monoisotopic (exact) mass is 288 g/mol. The van der Waals surface area contributed by atoms with Crippen LogP contribution in [0.5, 0.6) is 0 Å². The molecule has 2 heterocycles. The van der Waals surface area contributed by atoms with Gasteiger partial charge in [0.1, 0.15) is 5.60 Å². The highest BCUT2D eigenvalue weighted by atomic mass is 19.1. The number of amides is 1. The first-order valence-corrected chi connectivity index (χ1v) is 7.20. The zero-order valence-electron chi connectivity index (χ0n) is 12.5. The summed E-state index contributed by atoms with van der Waals surface area (Å²) in [6, 6.07) is 0. The van der Waals surface area contributed by atoms with Crippen LogP contribution in [0.15, 0.2) is 0 Å². The molecule has 2 N–H and O–H groups in total. The number of piperidine rings is 1. The highest BCUT2D eigenvalue weighted by molar-refractivity contribution is 5.68. The minimum absolute atomic E-state index is 0.190. The molecule has 20 heavy (non-hydrogen) atoms. The Hall–Kier alpha value is -0.880. The maximum Gasteiger partial charge on any atom is 0.410 e. The second-order valence-electron chi connectivity index (χ2n) is 6.97. The van der Waals surface area contributed by atoms with Crippen LogP contribution in [0.4, 0.5) is 9.18 Å². The van der Waals surface area contributed by atoms with Gasteiger partial charge in [0.15, 0.2) is 5.67 Å². The van der Waals surface area contributed by atoms with Crippen molar-refractivity contribution >= 4 is 6.09 Å². The van der Waals surface area contributed by atoms with Gasteiger partial charge in [0, 0.05) is 31.6 Å². The number of carbonyl (C=O) groups is 1. The van der Waals surface area contributed by atoms with Crippen molar-refractivity contribution in [3.05, 3.63) is 0 Å². The molecule has 1 unspecified atom stereocenters. The van der Waals surface area contributed by atoms with Crippen LogP contribution in [-0.2, 0) is 4.74 Å². The van der Waals surface area contributed by atoms with Gasteiger partial charge in [-0.2, -0.15) is 0 Å². The normalized spacial score (nSPS) is 29.8. The third kappa shape index (κ3) is 2.76. The number of halogens is 1. The van der Waals surface area contributed by atoms with E-state index in [0.717, 1.165) is 0 Å². The van der Waals surface area contributed by atoms with E-state index in [0.29, 0.717) is 32.5 Å². The molecular formula is C14H25FN2O3. The number of aliphatic hydroxyl groups excluding tert-OH is 1.